The van der Waals surface area contributed by atoms with Crippen molar-refractivity contribution in [2.24, 2.45) is 0 Å². The summed E-state index contributed by atoms with van der Waals surface area (Å²) in [6, 6.07) is 18.9. The molecule has 0 atom stereocenters. The molecule has 0 aliphatic carbocycles. The third-order valence-corrected chi connectivity index (χ3v) is 7.38. The van der Waals surface area contributed by atoms with E-state index in [4.69, 9.17) is 4.74 Å². The molecule has 0 radical (unpaired) electrons. The van der Waals surface area contributed by atoms with Crippen LogP contribution < -0.4 is 4.74 Å². The molecule has 0 spiro atoms. The summed E-state index contributed by atoms with van der Waals surface area (Å²) in [6.45, 7) is 3.63. The lowest BCUT2D eigenvalue weighted by Gasteiger charge is -2.15. The Balaban J connectivity index is 1.23. The van der Waals surface area contributed by atoms with E-state index >= 15 is 0 Å². The molecule has 4 aromatic heterocycles. The molecule has 8 heteroatoms. The maximum absolute atomic E-state index is 14.7. The molecule has 1 fully saturated rings. The van der Waals surface area contributed by atoms with Gasteiger partial charge in [-0.25, -0.2) is 4.39 Å². The lowest BCUT2D eigenvalue weighted by atomic mass is 10.0. The van der Waals surface area contributed by atoms with E-state index in [2.05, 4.69) is 36.1 Å². The van der Waals surface area contributed by atoms with E-state index in [0.717, 1.165) is 75.2 Å². The summed E-state index contributed by atoms with van der Waals surface area (Å²) in [7, 11) is 0. The molecule has 1 aliphatic rings. The molecule has 5 heterocycles. The van der Waals surface area contributed by atoms with Crippen LogP contribution in [0.4, 0.5) is 4.39 Å². The molecule has 1 saturated heterocycles. The zero-order valence-electron chi connectivity index (χ0n) is 21.3. The Morgan fingerprint density at radius 3 is 2.69 bits per heavy atom. The van der Waals surface area contributed by atoms with E-state index in [1.165, 1.54) is 18.9 Å². The first-order valence-corrected chi connectivity index (χ1v) is 13.2. The van der Waals surface area contributed by atoms with Gasteiger partial charge in [0.1, 0.15) is 23.9 Å². The fourth-order valence-electron chi connectivity index (χ4n) is 5.43. The maximum Gasteiger partial charge on any atom is 0.127 e. The van der Waals surface area contributed by atoms with E-state index in [9.17, 15) is 4.39 Å². The first-order valence-electron chi connectivity index (χ1n) is 13.2. The van der Waals surface area contributed by atoms with Crippen molar-refractivity contribution < 1.29 is 9.13 Å². The van der Waals surface area contributed by atoms with Crippen LogP contribution in [0, 0.1) is 5.82 Å². The molecular weight excluding hydrogens is 491 g/mol. The Hall–Kier alpha value is -4.56. The standard InChI is InChI=1S/C31H27FN6O/c32-22-13-21(14-23(15-22)39-12-11-38-9-1-2-10-38)24-6-3-7-27-25(24)16-29(35-27)31-26-17-28(20-5-4-8-33-18-20)34-19-30(26)36-37-31/h3-8,13-19,35H,1-2,9-12H2,(H,36,37). The van der Waals surface area contributed by atoms with Gasteiger partial charge in [-0.2, -0.15) is 5.10 Å². The number of ether oxygens (including phenoxy) is 1. The fraction of sp³-hybridized carbons (Fsp3) is 0.194. The van der Waals surface area contributed by atoms with Gasteiger partial charge in [-0.15, -0.1) is 0 Å². The smallest absolute Gasteiger partial charge is 0.127 e. The third-order valence-electron chi connectivity index (χ3n) is 7.38. The van der Waals surface area contributed by atoms with Gasteiger partial charge < -0.3 is 9.72 Å². The minimum Gasteiger partial charge on any atom is -0.492 e. The lowest BCUT2D eigenvalue weighted by molar-refractivity contribution is 0.237. The Bertz CT molecular complexity index is 1770. The number of H-pyrrole nitrogens is 2. The summed E-state index contributed by atoms with van der Waals surface area (Å²) in [5.74, 6) is 0.232. The number of nitrogens with zero attached hydrogens (tertiary/aromatic N) is 4. The van der Waals surface area contributed by atoms with Crippen LogP contribution in [0.5, 0.6) is 5.75 Å². The fourth-order valence-corrected chi connectivity index (χ4v) is 5.43. The highest BCUT2D eigenvalue weighted by Gasteiger charge is 2.16. The van der Waals surface area contributed by atoms with Crippen LogP contribution >= 0.6 is 0 Å². The number of halogens is 1. The minimum absolute atomic E-state index is 0.315. The molecule has 39 heavy (non-hydrogen) atoms. The predicted molar refractivity (Wildman–Crippen MR) is 151 cm³/mol. The number of likely N-dealkylation sites (tertiary alicyclic amines) is 1. The van der Waals surface area contributed by atoms with Crippen LogP contribution in [0.3, 0.4) is 0 Å². The van der Waals surface area contributed by atoms with Gasteiger partial charge in [0.2, 0.25) is 0 Å². The summed E-state index contributed by atoms with van der Waals surface area (Å²) in [6.07, 6.45) is 7.81. The van der Waals surface area contributed by atoms with Crippen LogP contribution in [0.25, 0.3) is 55.6 Å². The lowest BCUT2D eigenvalue weighted by Crippen LogP contribution is -2.25. The van der Waals surface area contributed by atoms with Gasteiger partial charge in [0.15, 0.2) is 0 Å². The summed E-state index contributed by atoms with van der Waals surface area (Å²) in [4.78, 5) is 14.7. The van der Waals surface area contributed by atoms with E-state index in [0.29, 0.717) is 12.4 Å². The Kier molecular flexibility index (Phi) is 6.01. The first-order chi connectivity index (χ1) is 19.2. The van der Waals surface area contributed by atoms with Gasteiger partial charge >= 0.3 is 0 Å². The van der Waals surface area contributed by atoms with Gasteiger partial charge in [0, 0.05) is 46.9 Å². The Morgan fingerprint density at radius 1 is 0.897 bits per heavy atom. The van der Waals surface area contributed by atoms with Crippen LogP contribution in [-0.2, 0) is 0 Å². The van der Waals surface area contributed by atoms with Gasteiger partial charge in [-0.3, -0.25) is 20.0 Å². The van der Waals surface area contributed by atoms with Crippen molar-refractivity contribution in [1.29, 1.82) is 0 Å². The number of hydrogen-bond donors (Lipinski definition) is 2. The van der Waals surface area contributed by atoms with Crippen molar-refractivity contribution in [3.05, 3.63) is 85.1 Å². The largest absolute Gasteiger partial charge is 0.492 e. The summed E-state index contributed by atoms with van der Waals surface area (Å²) in [5, 5.41) is 9.63. The van der Waals surface area contributed by atoms with Gasteiger partial charge in [0.25, 0.3) is 0 Å². The Labute approximate surface area is 224 Å². The second-order valence-corrected chi connectivity index (χ2v) is 9.95. The molecule has 6 aromatic rings. The monoisotopic (exact) mass is 518 g/mol. The number of hydrogen-bond acceptors (Lipinski definition) is 5. The number of nitrogens with one attached hydrogen (secondary N) is 2. The normalized spacial score (nSPS) is 14.0. The molecule has 0 bridgehead atoms. The number of aromatic nitrogens is 5. The highest BCUT2D eigenvalue weighted by Crippen LogP contribution is 2.36. The van der Waals surface area contributed by atoms with Crippen molar-refractivity contribution in [1.82, 2.24) is 30.0 Å². The van der Waals surface area contributed by atoms with Crippen molar-refractivity contribution in [3.63, 3.8) is 0 Å². The quantitative estimate of drug-likeness (QED) is 0.254. The van der Waals surface area contributed by atoms with Crippen molar-refractivity contribution in [2.75, 3.05) is 26.2 Å². The average Bonchev–Trinajstić information content (AvgIpc) is 3.72. The molecule has 7 rings (SSSR count). The van der Waals surface area contributed by atoms with Gasteiger partial charge in [-0.1, -0.05) is 12.1 Å². The molecular formula is C31H27FN6O. The molecule has 0 saturated carbocycles. The highest BCUT2D eigenvalue weighted by molar-refractivity contribution is 6.01. The van der Waals surface area contributed by atoms with Crippen LogP contribution in [0.1, 0.15) is 12.8 Å². The molecule has 1 aliphatic heterocycles. The molecule has 2 N–H and O–H groups in total. The average molecular weight is 519 g/mol. The van der Waals surface area contributed by atoms with E-state index in [1.807, 2.05) is 42.5 Å². The highest BCUT2D eigenvalue weighted by atomic mass is 19.1. The summed E-state index contributed by atoms with van der Waals surface area (Å²) < 4.78 is 20.7. The van der Waals surface area contributed by atoms with Gasteiger partial charge in [0.05, 0.1) is 23.1 Å². The molecule has 0 unspecified atom stereocenters. The SMILES string of the molecule is Fc1cc(OCCN2CCCC2)cc(-c2cccc3[nH]c(-c4n[nH]c5cnc(-c6cccnc6)cc45)cc23)c1. The van der Waals surface area contributed by atoms with Gasteiger partial charge in [-0.05, 0) is 79.5 Å². The van der Waals surface area contributed by atoms with Crippen LogP contribution in [0.15, 0.2) is 79.3 Å². The van der Waals surface area contributed by atoms with E-state index in [1.54, 1.807) is 24.7 Å². The zero-order chi connectivity index (χ0) is 26.2. The number of aromatic amines is 2. The predicted octanol–water partition coefficient (Wildman–Crippen LogP) is 6.45. The minimum atomic E-state index is -0.315. The zero-order valence-corrected chi connectivity index (χ0v) is 21.3. The van der Waals surface area contributed by atoms with Crippen LogP contribution in [-0.4, -0.2) is 56.3 Å². The molecule has 194 valence electrons. The van der Waals surface area contributed by atoms with Crippen molar-refractivity contribution in [2.45, 2.75) is 12.8 Å². The van der Waals surface area contributed by atoms with Crippen molar-refractivity contribution >= 4 is 21.8 Å². The number of pyridine rings is 2. The van der Waals surface area contributed by atoms with E-state index < -0.39 is 0 Å². The number of benzene rings is 2. The van der Waals surface area contributed by atoms with E-state index in [-0.39, 0.29) is 5.82 Å². The molecule has 7 nitrogen and oxygen atoms in total. The number of fused-ring (bicyclic) bond motifs is 2. The maximum atomic E-state index is 14.7. The van der Waals surface area contributed by atoms with Crippen LogP contribution in [0.2, 0.25) is 0 Å². The third kappa shape index (κ3) is 4.64. The first kappa shape index (κ1) is 23.5. The Morgan fingerprint density at radius 2 is 1.82 bits per heavy atom. The second kappa shape index (κ2) is 9.96. The second-order valence-electron chi connectivity index (χ2n) is 9.95. The molecule has 2 aromatic carbocycles. The number of rotatable bonds is 7. The summed E-state index contributed by atoms with van der Waals surface area (Å²) >= 11 is 0. The molecule has 0 amide bonds. The van der Waals surface area contributed by atoms with Crippen molar-refractivity contribution in [3.8, 4) is 39.5 Å². The summed E-state index contributed by atoms with van der Waals surface area (Å²) in [5.41, 5.74) is 6.92. The topological polar surface area (TPSA) is 82.7 Å².